The van der Waals surface area contributed by atoms with Crippen LogP contribution in [-0.2, 0) is 14.3 Å². The average Bonchev–Trinajstić information content (AvgIpc) is 2.95. The Hall–Kier alpha value is -5.28. The number of benzene rings is 2. The van der Waals surface area contributed by atoms with Crippen LogP contribution < -0.4 is 18.9 Å². The van der Waals surface area contributed by atoms with Gasteiger partial charge in [0.15, 0.2) is 34.6 Å². The third-order valence-corrected chi connectivity index (χ3v) is 5.71. The van der Waals surface area contributed by atoms with Crippen LogP contribution in [0, 0.1) is 20.2 Å². The summed E-state index contributed by atoms with van der Waals surface area (Å²) in [6.45, 7) is 8.01. The van der Waals surface area contributed by atoms with E-state index in [-0.39, 0.29) is 83.9 Å². The number of esters is 1. The second kappa shape index (κ2) is 17.9. The molecule has 0 aromatic heterocycles. The van der Waals surface area contributed by atoms with E-state index in [1.54, 1.807) is 20.8 Å². The molecule has 0 saturated carbocycles. The minimum atomic E-state index is -0.955. The van der Waals surface area contributed by atoms with Crippen molar-refractivity contribution in [3.8, 4) is 23.0 Å². The van der Waals surface area contributed by atoms with Gasteiger partial charge in [-0.05, 0) is 47.5 Å². The molecule has 252 valence electrons. The largest absolute Gasteiger partial charge is 0.493 e. The molecule has 0 radical (unpaired) electrons. The third kappa shape index (κ3) is 12.8. The summed E-state index contributed by atoms with van der Waals surface area (Å²) in [4.78, 5) is 65.8. The highest BCUT2D eigenvalue weighted by Gasteiger charge is 2.24. The van der Waals surface area contributed by atoms with E-state index in [2.05, 4.69) is 0 Å². The Bertz CT molecular complexity index is 1450. The van der Waals surface area contributed by atoms with E-state index in [9.17, 15) is 39.4 Å². The summed E-state index contributed by atoms with van der Waals surface area (Å²) in [5, 5.41) is 30.6. The number of nitro benzene ring substituents is 2. The fraction of sp³-hybridized carbons (Fsp3) is 0.467. The zero-order valence-corrected chi connectivity index (χ0v) is 26.7. The van der Waals surface area contributed by atoms with Crippen LogP contribution in [0.5, 0.6) is 23.0 Å². The van der Waals surface area contributed by atoms with Gasteiger partial charge in [0, 0.05) is 25.0 Å². The van der Waals surface area contributed by atoms with Gasteiger partial charge in [0.2, 0.25) is 0 Å². The van der Waals surface area contributed by atoms with Crippen molar-refractivity contribution < 1.29 is 57.8 Å². The minimum absolute atomic E-state index is 0.0528. The SMILES string of the molecule is COc1cc(C(C)=O)c([N+](=O)[O-])cc1OCCCC(=O)O.COc1cc(C(C)=O)c([N+](=O)[O-])cc1OCCCC(=O)OC(C)(C)C. The first-order valence-electron chi connectivity index (χ1n) is 13.9. The van der Waals surface area contributed by atoms with Crippen LogP contribution in [0.15, 0.2) is 24.3 Å². The maximum atomic E-state index is 11.6. The summed E-state index contributed by atoms with van der Waals surface area (Å²) in [5.41, 5.74) is -1.41. The number of nitrogens with zero attached hydrogens (tertiary/aromatic N) is 2. The lowest BCUT2D eigenvalue weighted by molar-refractivity contribution is -0.385. The van der Waals surface area contributed by atoms with Crippen LogP contribution in [0.25, 0.3) is 0 Å². The Morgan fingerprint density at radius 2 is 1.11 bits per heavy atom. The average molecular weight is 651 g/mol. The molecule has 0 spiro atoms. The van der Waals surface area contributed by atoms with Crippen molar-refractivity contribution in [2.45, 2.75) is 65.9 Å². The van der Waals surface area contributed by atoms with Crippen LogP contribution >= 0.6 is 0 Å². The van der Waals surface area contributed by atoms with Crippen LogP contribution in [0.3, 0.4) is 0 Å². The van der Waals surface area contributed by atoms with Gasteiger partial charge in [-0.2, -0.15) is 0 Å². The summed E-state index contributed by atoms with van der Waals surface area (Å²) < 4.78 is 26.1. The van der Waals surface area contributed by atoms with Gasteiger partial charge in [-0.1, -0.05) is 0 Å². The van der Waals surface area contributed by atoms with E-state index in [1.165, 1.54) is 40.2 Å². The molecule has 1 N–H and O–H groups in total. The molecule has 0 fully saturated rings. The molecule has 2 aromatic carbocycles. The first kappa shape index (κ1) is 38.7. The molecule has 0 atom stereocenters. The van der Waals surface area contributed by atoms with Gasteiger partial charge in [-0.25, -0.2) is 0 Å². The third-order valence-electron chi connectivity index (χ3n) is 5.71. The van der Waals surface area contributed by atoms with Crippen molar-refractivity contribution in [3.05, 3.63) is 55.6 Å². The Balaban J connectivity index is 0.000000467. The highest BCUT2D eigenvalue weighted by Crippen LogP contribution is 2.36. The van der Waals surface area contributed by atoms with Gasteiger partial charge >= 0.3 is 11.9 Å². The second-order valence-electron chi connectivity index (χ2n) is 10.6. The molecule has 0 aliphatic rings. The molecule has 0 bridgehead atoms. The van der Waals surface area contributed by atoms with Crippen molar-refractivity contribution in [2.24, 2.45) is 0 Å². The van der Waals surface area contributed by atoms with Crippen molar-refractivity contribution >= 4 is 34.9 Å². The summed E-state index contributed by atoms with van der Waals surface area (Å²) in [6, 6.07) is 4.79. The number of ether oxygens (including phenoxy) is 5. The molecule has 2 aromatic rings. The molecule has 2 rings (SSSR count). The predicted octanol–water partition coefficient (Wildman–Crippen LogP) is 5.36. The Kier molecular flexibility index (Phi) is 15.1. The van der Waals surface area contributed by atoms with Crippen molar-refractivity contribution in [1.29, 1.82) is 0 Å². The van der Waals surface area contributed by atoms with Crippen molar-refractivity contribution in [1.82, 2.24) is 0 Å². The number of hydrogen-bond donors (Lipinski definition) is 1. The maximum Gasteiger partial charge on any atom is 0.306 e. The molecule has 0 saturated heterocycles. The first-order chi connectivity index (χ1) is 21.4. The molecule has 16 heteroatoms. The summed E-state index contributed by atoms with van der Waals surface area (Å²) >= 11 is 0. The lowest BCUT2D eigenvalue weighted by atomic mass is 10.1. The Labute approximate surface area is 264 Å². The summed E-state index contributed by atoms with van der Waals surface area (Å²) in [7, 11) is 2.72. The molecule has 0 heterocycles. The van der Waals surface area contributed by atoms with Gasteiger partial charge in [-0.15, -0.1) is 0 Å². The number of carbonyl (C=O) groups is 4. The highest BCUT2D eigenvalue weighted by atomic mass is 16.6. The fourth-order valence-corrected chi connectivity index (χ4v) is 3.71. The quantitative estimate of drug-likeness (QED) is 0.0795. The van der Waals surface area contributed by atoms with E-state index in [0.29, 0.717) is 6.42 Å². The normalized spacial score (nSPS) is 10.5. The number of carbonyl (C=O) groups excluding carboxylic acids is 3. The number of hydrogen-bond acceptors (Lipinski definition) is 13. The van der Waals surface area contributed by atoms with Crippen molar-refractivity contribution in [2.75, 3.05) is 27.4 Å². The number of Topliss-reactive ketones (excluding diaryl/α,β-unsaturated/α-hetero) is 2. The van der Waals surface area contributed by atoms with Crippen molar-refractivity contribution in [3.63, 3.8) is 0 Å². The Morgan fingerprint density at radius 3 is 1.41 bits per heavy atom. The van der Waals surface area contributed by atoms with E-state index in [4.69, 9.17) is 28.8 Å². The number of carboxylic acids is 1. The molecule has 46 heavy (non-hydrogen) atoms. The number of rotatable bonds is 16. The molecular formula is C30H38N2O14. The van der Waals surface area contributed by atoms with Gasteiger partial charge < -0.3 is 28.8 Å². The van der Waals surface area contributed by atoms with Crippen LogP contribution in [0.4, 0.5) is 11.4 Å². The number of methoxy groups -OCH3 is 2. The number of carboxylic acid groups (broad SMARTS) is 1. The first-order valence-corrected chi connectivity index (χ1v) is 13.9. The van der Waals surface area contributed by atoms with E-state index >= 15 is 0 Å². The van der Waals surface area contributed by atoms with E-state index in [1.807, 2.05) is 0 Å². The van der Waals surface area contributed by atoms with E-state index < -0.39 is 33.0 Å². The number of nitro groups is 2. The topological polar surface area (TPSA) is 221 Å². The zero-order valence-electron chi connectivity index (χ0n) is 26.7. The predicted molar refractivity (Wildman–Crippen MR) is 162 cm³/mol. The summed E-state index contributed by atoms with van der Waals surface area (Å²) in [5.74, 6) is -1.57. The second-order valence-corrected chi connectivity index (χ2v) is 10.6. The molecule has 0 amide bonds. The monoisotopic (exact) mass is 650 g/mol. The fourth-order valence-electron chi connectivity index (χ4n) is 3.71. The molecule has 0 aliphatic carbocycles. The van der Waals surface area contributed by atoms with Gasteiger partial charge in [0.25, 0.3) is 11.4 Å². The lowest BCUT2D eigenvalue weighted by Crippen LogP contribution is -2.24. The lowest BCUT2D eigenvalue weighted by Gasteiger charge is -2.19. The van der Waals surface area contributed by atoms with Crippen LogP contribution in [0.2, 0.25) is 0 Å². The van der Waals surface area contributed by atoms with Gasteiger partial charge in [-0.3, -0.25) is 39.4 Å². The molecule has 16 nitrogen and oxygen atoms in total. The standard InChI is InChI=1S/C17H23NO7.C13H15NO7/c1-11(19)12-9-14(23-5)15(10-13(12)18(21)22)24-8-6-7-16(20)25-17(2,3)4;1-8(15)9-6-11(20-2)12(7-10(9)14(18)19)21-5-3-4-13(16)17/h9-10H,6-8H2,1-5H3;6-7H,3-5H2,1-2H3,(H,16,17). The Morgan fingerprint density at radius 1 is 0.717 bits per heavy atom. The van der Waals surface area contributed by atoms with E-state index in [0.717, 1.165) is 12.1 Å². The van der Waals surface area contributed by atoms with Gasteiger partial charge in [0.1, 0.15) is 5.60 Å². The number of aliphatic carboxylic acids is 1. The summed E-state index contributed by atoms with van der Waals surface area (Å²) in [6.07, 6.45) is 0.713. The minimum Gasteiger partial charge on any atom is -0.493 e. The molecule has 0 unspecified atom stereocenters. The highest BCUT2D eigenvalue weighted by molar-refractivity contribution is 5.99. The maximum absolute atomic E-state index is 11.6. The van der Waals surface area contributed by atoms with Gasteiger partial charge in [0.05, 0.1) is 60.5 Å². The number of ketones is 2. The van der Waals surface area contributed by atoms with Crippen LogP contribution in [-0.4, -0.2) is 71.5 Å². The molecular weight excluding hydrogens is 612 g/mol. The van der Waals surface area contributed by atoms with Crippen LogP contribution in [0.1, 0.15) is 81.0 Å². The molecule has 0 aliphatic heterocycles. The zero-order chi connectivity index (χ0) is 35.2. The smallest absolute Gasteiger partial charge is 0.306 e.